The summed E-state index contributed by atoms with van der Waals surface area (Å²) >= 11 is 0. The first kappa shape index (κ1) is 20.3. The molecule has 0 spiro atoms. The molecule has 5 rings (SSSR count). The number of aromatic hydroxyl groups is 1. The second-order valence-electron chi connectivity index (χ2n) is 7.52. The number of imide groups is 1. The molecular formula is C25H18N4O4. The number of benzene rings is 3. The summed E-state index contributed by atoms with van der Waals surface area (Å²) in [5, 5.41) is 19.3. The fourth-order valence-corrected chi connectivity index (χ4v) is 3.97. The molecule has 0 saturated carbocycles. The van der Waals surface area contributed by atoms with Crippen molar-refractivity contribution in [3.63, 3.8) is 0 Å². The van der Waals surface area contributed by atoms with Gasteiger partial charge in [0, 0.05) is 24.0 Å². The third-order valence-electron chi connectivity index (χ3n) is 5.60. The quantitative estimate of drug-likeness (QED) is 0.364. The van der Waals surface area contributed by atoms with Gasteiger partial charge in [0.2, 0.25) is 5.88 Å². The number of carbonyl (C=O) groups excluding carboxylic acids is 3. The van der Waals surface area contributed by atoms with E-state index in [0.29, 0.717) is 27.6 Å². The summed E-state index contributed by atoms with van der Waals surface area (Å²) in [6, 6.07) is 22.3. The Balaban J connectivity index is 1.44. The van der Waals surface area contributed by atoms with Crippen molar-refractivity contribution in [2.24, 2.45) is 10.2 Å². The molecule has 3 aromatic carbocycles. The minimum Gasteiger partial charge on any atom is -0.493 e. The number of fused-ring (bicyclic) bond motifs is 2. The summed E-state index contributed by atoms with van der Waals surface area (Å²) in [5.74, 6) is -1.45. The number of para-hydroxylation sites is 1. The topological polar surface area (TPSA) is 104 Å². The van der Waals surface area contributed by atoms with Crippen LogP contribution in [0.15, 0.2) is 89.1 Å². The lowest BCUT2D eigenvalue weighted by atomic mass is 10.1. The van der Waals surface area contributed by atoms with Crippen molar-refractivity contribution in [2.45, 2.75) is 6.54 Å². The van der Waals surface area contributed by atoms with Gasteiger partial charge in [-0.3, -0.25) is 19.3 Å². The first-order valence-corrected chi connectivity index (χ1v) is 10.3. The van der Waals surface area contributed by atoms with Gasteiger partial charge in [-0.25, -0.2) is 0 Å². The lowest BCUT2D eigenvalue weighted by Crippen LogP contribution is -2.32. The largest absolute Gasteiger partial charge is 0.493 e. The van der Waals surface area contributed by atoms with Gasteiger partial charge in [0.05, 0.1) is 16.6 Å². The van der Waals surface area contributed by atoms with Gasteiger partial charge in [0.15, 0.2) is 5.69 Å². The molecule has 33 heavy (non-hydrogen) atoms. The zero-order chi connectivity index (χ0) is 22.9. The summed E-state index contributed by atoms with van der Waals surface area (Å²) < 4.78 is 1.56. The highest BCUT2D eigenvalue weighted by atomic mass is 16.3. The van der Waals surface area contributed by atoms with Crippen molar-refractivity contribution >= 4 is 34.3 Å². The maximum atomic E-state index is 12.7. The van der Waals surface area contributed by atoms with Crippen LogP contribution in [0.1, 0.15) is 31.1 Å². The molecule has 8 nitrogen and oxygen atoms in total. The lowest BCUT2D eigenvalue weighted by molar-refractivity contribution is 0.0648. The maximum Gasteiger partial charge on any atom is 0.295 e. The molecule has 1 N–H and O–H groups in total. The van der Waals surface area contributed by atoms with Crippen LogP contribution < -0.4 is 0 Å². The van der Waals surface area contributed by atoms with E-state index in [1.807, 2.05) is 0 Å². The van der Waals surface area contributed by atoms with Gasteiger partial charge in [-0.05, 0) is 30.3 Å². The number of hydrogen-bond acceptors (Lipinski definition) is 5. The highest BCUT2D eigenvalue weighted by Crippen LogP contribution is 2.39. The molecule has 162 valence electrons. The maximum absolute atomic E-state index is 12.7. The summed E-state index contributed by atoms with van der Waals surface area (Å²) in [5.41, 5.74) is 1.93. The van der Waals surface area contributed by atoms with Crippen LogP contribution in [0.2, 0.25) is 0 Å². The highest BCUT2D eigenvalue weighted by Gasteiger charge is 2.35. The molecule has 0 atom stereocenters. The molecule has 1 aromatic heterocycles. The Morgan fingerprint density at radius 2 is 1.39 bits per heavy atom. The Hall–Kier alpha value is -4.59. The summed E-state index contributed by atoms with van der Waals surface area (Å²) in [7, 11) is 0. The van der Waals surface area contributed by atoms with Crippen LogP contribution in [0.4, 0.5) is 5.69 Å². The average Bonchev–Trinajstić information content (AvgIpc) is 3.26. The van der Waals surface area contributed by atoms with E-state index in [-0.39, 0.29) is 36.5 Å². The Kier molecular flexibility index (Phi) is 5.02. The molecule has 2 heterocycles. The normalized spacial score (nSPS) is 13.3. The second kappa shape index (κ2) is 8.16. The smallest absolute Gasteiger partial charge is 0.295 e. The van der Waals surface area contributed by atoms with E-state index in [4.69, 9.17) is 0 Å². The monoisotopic (exact) mass is 438 g/mol. The molecule has 4 aromatic rings. The summed E-state index contributed by atoms with van der Waals surface area (Å²) in [4.78, 5) is 38.8. The zero-order valence-electron chi connectivity index (χ0n) is 17.4. The number of nitrogens with zero attached hydrogens (tertiary/aromatic N) is 4. The van der Waals surface area contributed by atoms with Crippen LogP contribution in [0.5, 0.6) is 5.88 Å². The standard InChI is InChI=1S/C25H18N4O4/c30-22(16-8-2-1-3-9-16)27-26-21-19-12-6-7-13-20(19)28(25(21)33)14-15-29-23(31)17-10-4-5-11-18(17)24(29)32/h1-13,33H,14-15H2. The molecule has 0 radical (unpaired) electrons. The van der Waals surface area contributed by atoms with E-state index >= 15 is 0 Å². The SMILES string of the molecule is O=C(N=Nc1c(O)n(CCN2C(=O)c3ccccc3C2=O)c2ccccc12)c1ccccc1. The van der Waals surface area contributed by atoms with Gasteiger partial charge < -0.3 is 9.67 Å². The van der Waals surface area contributed by atoms with Crippen molar-refractivity contribution in [2.75, 3.05) is 6.54 Å². The van der Waals surface area contributed by atoms with E-state index < -0.39 is 5.91 Å². The first-order valence-electron chi connectivity index (χ1n) is 10.3. The summed E-state index contributed by atoms with van der Waals surface area (Å²) in [6.07, 6.45) is 0. The Morgan fingerprint density at radius 3 is 2.09 bits per heavy atom. The van der Waals surface area contributed by atoms with Gasteiger partial charge in [0.1, 0.15) is 0 Å². The number of carbonyl (C=O) groups is 3. The third-order valence-corrected chi connectivity index (χ3v) is 5.60. The van der Waals surface area contributed by atoms with Crippen LogP contribution in [0, 0.1) is 0 Å². The first-order chi connectivity index (χ1) is 16.1. The molecule has 0 unspecified atom stereocenters. The minimum atomic E-state index is -0.530. The minimum absolute atomic E-state index is 0.0676. The van der Waals surface area contributed by atoms with Crippen molar-refractivity contribution in [1.82, 2.24) is 9.47 Å². The van der Waals surface area contributed by atoms with E-state index in [2.05, 4.69) is 10.2 Å². The lowest BCUT2D eigenvalue weighted by Gasteiger charge is -2.15. The van der Waals surface area contributed by atoms with Gasteiger partial charge >= 0.3 is 0 Å². The van der Waals surface area contributed by atoms with Crippen LogP contribution in [-0.4, -0.2) is 38.8 Å². The Labute approximate surface area is 188 Å². The third kappa shape index (κ3) is 3.47. The van der Waals surface area contributed by atoms with E-state index in [1.54, 1.807) is 83.4 Å². The van der Waals surface area contributed by atoms with Crippen molar-refractivity contribution in [3.8, 4) is 5.88 Å². The van der Waals surface area contributed by atoms with Crippen LogP contribution >= 0.6 is 0 Å². The summed E-state index contributed by atoms with van der Waals surface area (Å²) in [6.45, 7) is 0.220. The molecule has 3 amide bonds. The molecule has 0 aliphatic carbocycles. The number of azo groups is 1. The molecular weight excluding hydrogens is 420 g/mol. The van der Waals surface area contributed by atoms with Crippen LogP contribution in [-0.2, 0) is 6.54 Å². The van der Waals surface area contributed by atoms with Crippen molar-refractivity contribution in [1.29, 1.82) is 0 Å². The predicted octanol–water partition coefficient (Wildman–Crippen LogP) is 4.57. The van der Waals surface area contributed by atoms with Gasteiger partial charge in [-0.15, -0.1) is 10.2 Å². The fraction of sp³-hybridized carbons (Fsp3) is 0.0800. The van der Waals surface area contributed by atoms with E-state index in [1.165, 1.54) is 4.90 Å². The van der Waals surface area contributed by atoms with Gasteiger partial charge in [0.25, 0.3) is 17.7 Å². The van der Waals surface area contributed by atoms with Crippen molar-refractivity contribution in [3.05, 3.63) is 95.6 Å². The number of amides is 3. The molecule has 0 bridgehead atoms. The number of rotatable bonds is 5. The zero-order valence-corrected chi connectivity index (χ0v) is 17.4. The molecule has 0 fully saturated rings. The van der Waals surface area contributed by atoms with Gasteiger partial charge in [-0.2, -0.15) is 0 Å². The van der Waals surface area contributed by atoms with E-state index in [9.17, 15) is 19.5 Å². The Bertz CT molecular complexity index is 1400. The second-order valence-corrected chi connectivity index (χ2v) is 7.52. The molecule has 1 aliphatic heterocycles. The predicted molar refractivity (Wildman–Crippen MR) is 121 cm³/mol. The highest BCUT2D eigenvalue weighted by molar-refractivity contribution is 6.21. The van der Waals surface area contributed by atoms with Crippen LogP contribution in [0.3, 0.4) is 0 Å². The number of aromatic nitrogens is 1. The van der Waals surface area contributed by atoms with Crippen LogP contribution in [0.25, 0.3) is 10.9 Å². The van der Waals surface area contributed by atoms with Gasteiger partial charge in [-0.1, -0.05) is 48.5 Å². The molecule has 0 saturated heterocycles. The fourth-order valence-electron chi connectivity index (χ4n) is 3.97. The average molecular weight is 438 g/mol. The van der Waals surface area contributed by atoms with Crippen molar-refractivity contribution < 1.29 is 19.5 Å². The van der Waals surface area contributed by atoms with E-state index in [0.717, 1.165) is 0 Å². The molecule has 8 heteroatoms. The Morgan fingerprint density at radius 1 is 0.788 bits per heavy atom. The number of hydrogen-bond donors (Lipinski definition) is 1. The molecule has 1 aliphatic rings.